The van der Waals surface area contributed by atoms with Gasteiger partial charge >= 0.3 is 35.5 Å². The van der Waals surface area contributed by atoms with Gasteiger partial charge in [-0.1, -0.05) is 19.1 Å². The van der Waals surface area contributed by atoms with Gasteiger partial charge in [-0.15, -0.1) is 13.2 Å². The second-order valence-corrected chi connectivity index (χ2v) is 5.78. The Labute approximate surface area is 183 Å². The first-order valence-electron chi connectivity index (χ1n) is 8.82. The minimum absolute atomic E-state index is 0. The molecular formula is C19H28NNaO6. The van der Waals surface area contributed by atoms with E-state index in [1.807, 2.05) is 0 Å². The first-order chi connectivity index (χ1) is 12.4. The summed E-state index contributed by atoms with van der Waals surface area (Å²) >= 11 is 0. The van der Waals surface area contributed by atoms with Crippen LogP contribution in [0.4, 0.5) is 0 Å². The van der Waals surface area contributed by atoms with Crippen LogP contribution in [-0.4, -0.2) is 41.3 Å². The summed E-state index contributed by atoms with van der Waals surface area (Å²) in [5.41, 5.74) is 0. The molecule has 27 heavy (non-hydrogen) atoms. The van der Waals surface area contributed by atoms with Crippen molar-refractivity contribution in [1.82, 2.24) is 4.90 Å². The summed E-state index contributed by atoms with van der Waals surface area (Å²) < 4.78 is 4.98. The van der Waals surface area contributed by atoms with Gasteiger partial charge < -0.3 is 14.6 Å². The Morgan fingerprint density at radius 2 is 1.52 bits per heavy atom. The number of allylic oxidation sites excluding steroid dienone is 2. The van der Waals surface area contributed by atoms with E-state index < -0.39 is 36.2 Å². The summed E-state index contributed by atoms with van der Waals surface area (Å²) in [6.07, 6.45) is 5.04. The van der Waals surface area contributed by atoms with Gasteiger partial charge in [0.25, 0.3) is 0 Å². The van der Waals surface area contributed by atoms with E-state index in [0.29, 0.717) is 32.1 Å². The van der Waals surface area contributed by atoms with Gasteiger partial charge in [-0.3, -0.25) is 14.5 Å². The van der Waals surface area contributed by atoms with E-state index in [-0.39, 0.29) is 49.0 Å². The van der Waals surface area contributed by atoms with Gasteiger partial charge in [-0.25, -0.2) is 4.79 Å². The van der Waals surface area contributed by atoms with Crippen molar-refractivity contribution in [2.75, 3.05) is 6.61 Å². The third kappa shape index (κ3) is 11.8. The van der Waals surface area contributed by atoms with Crippen molar-refractivity contribution >= 4 is 23.8 Å². The number of carbonyl (C=O) groups excluding carboxylic acids is 4. The molecule has 0 aromatic heterocycles. The molecule has 0 aliphatic rings. The maximum absolute atomic E-state index is 12.5. The normalized spacial score (nSPS) is 10.9. The van der Waals surface area contributed by atoms with Gasteiger partial charge in [0.2, 0.25) is 11.8 Å². The largest absolute Gasteiger partial charge is 1.00 e. The van der Waals surface area contributed by atoms with Crippen molar-refractivity contribution in [1.29, 1.82) is 0 Å². The Hall–Kier alpha value is -1.44. The van der Waals surface area contributed by atoms with Crippen LogP contribution in [0.15, 0.2) is 25.3 Å². The van der Waals surface area contributed by atoms with Crippen LogP contribution < -0.4 is 34.7 Å². The summed E-state index contributed by atoms with van der Waals surface area (Å²) in [5.74, 6) is -3.65. The zero-order chi connectivity index (χ0) is 19.9. The molecule has 0 saturated carbocycles. The molecule has 7 nitrogen and oxygen atoms in total. The zero-order valence-corrected chi connectivity index (χ0v) is 18.4. The standard InChI is InChI=1S/C19H29NO6.Na/c1-4-7-9-11-16(21)20(17(22)12-10-8-5-2)15(14-18(23)24)19(25)26-13-6-3;/h4-5,15H,1-2,6-14H2,3H3,(H,23,24);/q;+1/p-1. The van der Waals surface area contributed by atoms with Crippen molar-refractivity contribution in [3.05, 3.63) is 25.3 Å². The third-order valence-corrected chi connectivity index (χ3v) is 3.53. The van der Waals surface area contributed by atoms with Crippen molar-refractivity contribution in [3.63, 3.8) is 0 Å². The molecule has 146 valence electrons. The number of unbranched alkanes of at least 4 members (excludes halogenated alkanes) is 2. The molecule has 0 aromatic rings. The van der Waals surface area contributed by atoms with E-state index in [0.717, 1.165) is 4.90 Å². The van der Waals surface area contributed by atoms with Crippen LogP contribution in [0.1, 0.15) is 58.3 Å². The zero-order valence-electron chi connectivity index (χ0n) is 16.4. The number of carbonyl (C=O) groups is 4. The van der Waals surface area contributed by atoms with Gasteiger partial charge in [0.15, 0.2) is 0 Å². The quantitative estimate of drug-likeness (QED) is 0.155. The summed E-state index contributed by atoms with van der Waals surface area (Å²) in [5, 5.41) is 11.1. The third-order valence-electron chi connectivity index (χ3n) is 3.53. The number of ether oxygens (including phenoxy) is 1. The summed E-state index contributed by atoms with van der Waals surface area (Å²) in [6.45, 7) is 8.98. The number of hydrogen-bond donors (Lipinski definition) is 0. The second kappa shape index (κ2) is 16.7. The molecule has 2 amide bonds. The van der Waals surface area contributed by atoms with E-state index in [9.17, 15) is 24.3 Å². The number of carboxylic acids is 1. The van der Waals surface area contributed by atoms with Crippen molar-refractivity contribution in [3.8, 4) is 0 Å². The van der Waals surface area contributed by atoms with Crippen molar-refractivity contribution in [2.24, 2.45) is 0 Å². The first-order valence-corrected chi connectivity index (χ1v) is 8.82. The average molecular weight is 389 g/mol. The number of carboxylic acid groups (broad SMARTS) is 1. The molecule has 0 saturated heterocycles. The van der Waals surface area contributed by atoms with Crippen LogP contribution >= 0.6 is 0 Å². The smallest absolute Gasteiger partial charge is 0.550 e. The van der Waals surface area contributed by atoms with Crippen LogP contribution in [-0.2, 0) is 23.9 Å². The van der Waals surface area contributed by atoms with Crippen molar-refractivity contribution < 1.29 is 58.6 Å². The average Bonchev–Trinajstić information content (AvgIpc) is 2.59. The predicted octanol–water partition coefficient (Wildman–Crippen LogP) is -1.48. The van der Waals surface area contributed by atoms with Gasteiger partial charge in [0, 0.05) is 25.2 Å². The van der Waals surface area contributed by atoms with Crippen LogP contribution in [0.3, 0.4) is 0 Å². The molecule has 1 unspecified atom stereocenters. The van der Waals surface area contributed by atoms with Gasteiger partial charge in [-0.05, 0) is 32.1 Å². The van der Waals surface area contributed by atoms with Gasteiger partial charge in [0.1, 0.15) is 6.04 Å². The Morgan fingerprint density at radius 3 is 1.89 bits per heavy atom. The minimum Gasteiger partial charge on any atom is -0.550 e. The fourth-order valence-electron chi connectivity index (χ4n) is 2.26. The Balaban J connectivity index is 0. The van der Waals surface area contributed by atoms with Crippen LogP contribution in [0.5, 0.6) is 0 Å². The molecular weight excluding hydrogens is 361 g/mol. The van der Waals surface area contributed by atoms with E-state index in [1.54, 1.807) is 19.1 Å². The van der Waals surface area contributed by atoms with Crippen LogP contribution in [0, 0.1) is 0 Å². The molecule has 0 radical (unpaired) electrons. The number of rotatable bonds is 14. The number of nitrogens with zero attached hydrogens (tertiary/aromatic N) is 1. The molecule has 0 fully saturated rings. The molecule has 0 aliphatic carbocycles. The Kier molecular flexibility index (Phi) is 17.2. The summed E-state index contributed by atoms with van der Waals surface area (Å²) in [6, 6.07) is -1.51. The number of imide groups is 1. The Bertz CT molecular complexity index is 494. The number of aliphatic carboxylic acids is 1. The van der Waals surface area contributed by atoms with E-state index in [4.69, 9.17) is 4.74 Å². The number of amides is 2. The minimum atomic E-state index is -1.54. The maximum Gasteiger partial charge on any atom is 1.00 e. The SMILES string of the molecule is C=CCCCC(=O)N(C(=O)CCCC=C)C(CC(=O)[O-])C(=O)OCCC.[Na+]. The summed E-state index contributed by atoms with van der Waals surface area (Å²) in [7, 11) is 0. The van der Waals surface area contributed by atoms with Gasteiger partial charge in [0.05, 0.1) is 6.61 Å². The second-order valence-electron chi connectivity index (χ2n) is 5.78. The maximum atomic E-state index is 12.5. The molecule has 1 atom stereocenters. The number of hydrogen-bond acceptors (Lipinski definition) is 6. The van der Waals surface area contributed by atoms with Crippen LogP contribution in [0.25, 0.3) is 0 Å². The molecule has 0 aliphatic heterocycles. The fraction of sp³-hybridized carbons (Fsp3) is 0.579. The van der Waals surface area contributed by atoms with E-state index >= 15 is 0 Å². The first kappa shape index (κ1) is 27.8. The molecule has 8 heteroatoms. The molecule has 0 aromatic carbocycles. The Morgan fingerprint density at radius 1 is 1.04 bits per heavy atom. The number of esters is 1. The molecule has 0 heterocycles. The van der Waals surface area contributed by atoms with Gasteiger partial charge in [-0.2, -0.15) is 0 Å². The molecule has 0 N–H and O–H groups in total. The monoisotopic (exact) mass is 389 g/mol. The fourth-order valence-corrected chi connectivity index (χ4v) is 2.26. The molecule has 0 bridgehead atoms. The molecule has 0 spiro atoms. The summed E-state index contributed by atoms with van der Waals surface area (Å²) in [4.78, 5) is 49.1. The van der Waals surface area contributed by atoms with E-state index in [1.165, 1.54) is 0 Å². The molecule has 0 rings (SSSR count). The van der Waals surface area contributed by atoms with Crippen LogP contribution in [0.2, 0.25) is 0 Å². The predicted molar refractivity (Wildman–Crippen MR) is 94.6 cm³/mol. The topological polar surface area (TPSA) is 104 Å². The van der Waals surface area contributed by atoms with Crippen molar-refractivity contribution in [2.45, 2.75) is 64.3 Å². The van der Waals surface area contributed by atoms with E-state index in [2.05, 4.69) is 13.2 Å².